The normalized spacial score (nSPS) is 22.9. The Morgan fingerprint density at radius 3 is 2.58 bits per heavy atom. The summed E-state index contributed by atoms with van der Waals surface area (Å²) in [6.45, 7) is 5.52. The molecule has 102 valence electrons. The first-order valence-electron chi connectivity index (χ1n) is 6.56. The zero-order valence-corrected chi connectivity index (χ0v) is 11.3. The van der Waals surface area contributed by atoms with E-state index in [1.165, 1.54) is 6.20 Å². The summed E-state index contributed by atoms with van der Waals surface area (Å²) in [5.74, 6) is -0.158. The average Bonchev–Trinajstić information content (AvgIpc) is 2.37. The van der Waals surface area contributed by atoms with Crippen LogP contribution in [0.5, 0.6) is 0 Å². The van der Waals surface area contributed by atoms with Crippen molar-refractivity contribution in [3.05, 3.63) is 24.5 Å². The summed E-state index contributed by atoms with van der Waals surface area (Å²) in [7, 11) is 0. The molecule has 1 aliphatic rings. The molecule has 0 spiro atoms. The minimum atomic E-state index is -0.589. The van der Waals surface area contributed by atoms with Gasteiger partial charge >= 0.3 is 11.8 Å². The van der Waals surface area contributed by atoms with Crippen LogP contribution in [0, 0.1) is 11.8 Å². The molecule has 1 aromatic heterocycles. The number of carbonyl (C=O) groups is 2. The summed E-state index contributed by atoms with van der Waals surface area (Å²) in [4.78, 5) is 29.5. The van der Waals surface area contributed by atoms with Crippen LogP contribution < -0.4 is 5.32 Å². The number of hydrogen-bond donors (Lipinski definition) is 1. The first kappa shape index (κ1) is 13.5. The van der Waals surface area contributed by atoms with E-state index in [0.717, 1.165) is 6.42 Å². The third-order valence-electron chi connectivity index (χ3n) is 3.27. The molecule has 0 bridgehead atoms. The van der Waals surface area contributed by atoms with Crippen LogP contribution >= 0.6 is 0 Å². The van der Waals surface area contributed by atoms with Crippen molar-refractivity contribution >= 4 is 17.5 Å². The first-order chi connectivity index (χ1) is 9.06. The fourth-order valence-corrected chi connectivity index (χ4v) is 2.59. The van der Waals surface area contributed by atoms with Gasteiger partial charge in [0.2, 0.25) is 0 Å². The molecule has 2 rings (SSSR count). The highest BCUT2D eigenvalue weighted by Crippen LogP contribution is 2.21. The van der Waals surface area contributed by atoms with Crippen LogP contribution in [0.1, 0.15) is 20.3 Å². The number of amides is 2. The predicted molar refractivity (Wildman–Crippen MR) is 72.4 cm³/mol. The second kappa shape index (κ2) is 5.82. The Bertz CT molecular complexity index is 451. The van der Waals surface area contributed by atoms with E-state index in [4.69, 9.17) is 0 Å². The van der Waals surface area contributed by atoms with Crippen LogP contribution in [0.25, 0.3) is 0 Å². The van der Waals surface area contributed by atoms with E-state index >= 15 is 0 Å². The van der Waals surface area contributed by atoms with Crippen molar-refractivity contribution < 1.29 is 9.59 Å². The molecule has 2 unspecified atom stereocenters. The van der Waals surface area contributed by atoms with Gasteiger partial charge in [0.1, 0.15) is 0 Å². The minimum Gasteiger partial charge on any atom is -0.334 e. The van der Waals surface area contributed by atoms with E-state index in [1.807, 2.05) is 0 Å². The molecule has 2 heterocycles. The highest BCUT2D eigenvalue weighted by Gasteiger charge is 2.29. The Morgan fingerprint density at radius 1 is 1.32 bits per heavy atom. The van der Waals surface area contributed by atoms with Crippen LogP contribution in [0.2, 0.25) is 0 Å². The maximum absolute atomic E-state index is 12.1. The zero-order valence-electron chi connectivity index (χ0n) is 11.3. The van der Waals surface area contributed by atoms with Crippen molar-refractivity contribution in [2.24, 2.45) is 11.8 Å². The molecule has 1 aromatic rings. The van der Waals surface area contributed by atoms with Gasteiger partial charge in [0.15, 0.2) is 0 Å². The lowest BCUT2D eigenvalue weighted by atomic mass is 9.92. The van der Waals surface area contributed by atoms with E-state index in [2.05, 4.69) is 24.1 Å². The van der Waals surface area contributed by atoms with Gasteiger partial charge in [0, 0.05) is 19.3 Å². The van der Waals surface area contributed by atoms with Crippen LogP contribution in [0.15, 0.2) is 24.5 Å². The number of aromatic nitrogens is 1. The molecule has 1 N–H and O–H groups in total. The Hall–Kier alpha value is -1.91. The Balaban J connectivity index is 1.97. The third kappa shape index (κ3) is 3.53. The minimum absolute atomic E-state index is 0.443. The maximum atomic E-state index is 12.1. The van der Waals surface area contributed by atoms with Crippen molar-refractivity contribution in [1.82, 2.24) is 9.88 Å². The summed E-state index contributed by atoms with van der Waals surface area (Å²) in [6, 6.07) is 3.42. The summed E-state index contributed by atoms with van der Waals surface area (Å²) >= 11 is 0. The number of nitrogens with one attached hydrogen (secondary N) is 1. The van der Waals surface area contributed by atoms with Crippen LogP contribution in [-0.4, -0.2) is 34.8 Å². The molecule has 0 saturated carbocycles. The summed E-state index contributed by atoms with van der Waals surface area (Å²) < 4.78 is 0. The largest absolute Gasteiger partial charge is 0.334 e. The molecule has 1 saturated heterocycles. The lowest BCUT2D eigenvalue weighted by Gasteiger charge is -2.34. The molecule has 5 heteroatoms. The van der Waals surface area contributed by atoms with Gasteiger partial charge in [-0.2, -0.15) is 0 Å². The first-order valence-corrected chi connectivity index (χ1v) is 6.56. The van der Waals surface area contributed by atoms with Gasteiger partial charge in [0.05, 0.1) is 11.9 Å². The zero-order chi connectivity index (χ0) is 13.8. The van der Waals surface area contributed by atoms with Crippen molar-refractivity contribution in [3.63, 3.8) is 0 Å². The van der Waals surface area contributed by atoms with Crippen molar-refractivity contribution in [2.45, 2.75) is 20.3 Å². The highest BCUT2D eigenvalue weighted by atomic mass is 16.2. The number of likely N-dealkylation sites (tertiary alicyclic amines) is 1. The molecule has 0 radical (unpaired) electrons. The fraction of sp³-hybridized carbons (Fsp3) is 0.500. The number of anilines is 1. The van der Waals surface area contributed by atoms with Gasteiger partial charge in [-0.15, -0.1) is 0 Å². The van der Waals surface area contributed by atoms with Gasteiger partial charge in [-0.05, 0) is 30.4 Å². The molecule has 2 atom stereocenters. The maximum Gasteiger partial charge on any atom is 0.313 e. The lowest BCUT2D eigenvalue weighted by molar-refractivity contribution is -0.144. The molecule has 19 heavy (non-hydrogen) atoms. The predicted octanol–water partition coefficient (Wildman–Crippen LogP) is 1.52. The van der Waals surface area contributed by atoms with Gasteiger partial charge in [-0.25, -0.2) is 0 Å². The molecule has 1 aliphatic heterocycles. The number of hydrogen-bond acceptors (Lipinski definition) is 3. The van der Waals surface area contributed by atoms with Gasteiger partial charge in [-0.1, -0.05) is 13.8 Å². The van der Waals surface area contributed by atoms with Crippen LogP contribution in [0.3, 0.4) is 0 Å². The highest BCUT2D eigenvalue weighted by molar-refractivity contribution is 6.39. The second-order valence-electron chi connectivity index (χ2n) is 5.35. The number of nitrogens with zero attached hydrogens (tertiary/aromatic N) is 2. The van der Waals surface area contributed by atoms with E-state index in [-0.39, 0.29) is 0 Å². The smallest absolute Gasteiger partial charge is 0.313 e. The summed E-state index contributed by atoms with van der Waals surface area (Å²) in [5, 5.41) is 2.58. The topological polar surface area (TPSA) is 62.3 Å². The summed E-state index contributed by atoms with van der Waals surface area (Å²) in [5.41, 5.74) is 0.541. The standard InChI is InChI=1S/C14H19N3O2/c1-10-6-11(2)9-17(8-10)14(19)13(18)16-12-4-3-5-15-7-12/h3-5,7,10-11H,6,8-9H2,1-2H3,(H,16,18). The molecule has 0 aliphatic carbocycles. The number of carbonyl (C=O) groups excluding carboxylic acids is 2. The third-order valence-corrected chi connectivity index (χ3v) is 3.27. The molecule has 5 nitrogen and oxygen atoms in total. The van der Waals surface area contributed by atoms with Crippen molar-refractivity contribution in [3.8, 4) is 0 Å². The molecular weight excluding hydrogens is 242 g/mol. The lowest BCUT2D eigenvalue weighted by Crippen LogP contribution is -2.47. The molecule has 0 aromatic carbocycles. The Kier molecular flexibility index (Phi) is 4.14. The van der Waals surface area contributed by atoms with E-state index in [1.54, 1.807) is 23.2 Å². The Morgan fingerprint density at radius 2 is 2.00 bits per heavy atom. The number of pyridine rings is 1. The van der Waals surface area contributed by atoms with Gasteiger partial charge in [0.25, 0.3) is 0 Å². The SMILES string of the molecule is CC1CC(C)CN(C(=O)C(=O)Nc2cccnc2)C1. The fourth-order valence-electron chi connectivity index (χ4n) is 2.59. The van der Waals surface area contributed by atoms with Crippen LogP contribution in [-0.2, 0) is 9.59 Å². The quantitative estimate of drug-likeness (QED) is 0.780. The number of rotatable bonds is 1. The van der Waals surface area contributed by atoms with E-state index < -0.39 is 11.8 Å². The molecule has 2 amide bonds. The van der Waals surface area contributed by atoms with Gasteiger partial charge < -0.3 is 10.2 Å². The van der Waals surface area contributed by atoms with Crippen molar-refractivity contribution in [2.75, 3.05) is 18.4 Å². The van der Waals surface area contributed by atoms with Crippen LogP contribution in [0.4, 0.5) is 5.69 Å². The van der Waals surface area contributed by atoms with Gasteiger partial charge in [-0.3, -0.25) is 14.6 Å². The molecule has 1 fully saturated rings. The summed E-state index contributed by atoms with van der Waals surface area (Å²) in [6.07, 6.45) is 4.24. The van der Waals surface area contributed by atoms with Crippen molar-refractivity contribution in [1.29, 1.82) is 0 Å². The monoisotopic (exact) mass is 261 g/mol. The number of piperidine rings is 1. The van der Waals surface area contributed by atoms with E-state index in [0.29, 0.717) is 30.6 Å². The second-order valence-corrected chi connectivity index (χ2v) is 5.35. The molecular formula is C14H19N3O2. The Labute approximate surface area is 113 Å². The average molecular weight is 261 g/mol. The van der Waals surface area contributed by atoms with E-state index in [9.17, 15) is 9.59 Å².